The molecule has 10 heteroatoms. The highest BCUT2D eigenvalue weighted by molar-refractivity contribution is 7.80. The van der Waals surface area contributed by atoms with Crippen LogP contribution in [0, 0.1) is 10.1 Å². The number of nitrogens with zero attached hydrogens (tertiary/aromatic N) is 1. The first-order chi connectivity index (χ1) is 14.9. The molecule has 0 aliphatic heterocycles. The molecule has 1 heterocycles. The van der Waals surface area contributed by atoms with Crippen molar-refractivity contribution in [2.24, 2.45) is 0 Å². The van der Waals surface area contributed by atoms with Crippen LogP contribution in [0.15, 0.2) is 54.6 Å². The summed E-state index contributed by atoms with van der Waals surface area (Å²) in [5.74, 6) is -0.0873. The van der Waals surface area contributed by atoms with Crippen molar-refractivity contribution in [2.45, 2.75) is 6.92 Å². The predicted molar refractivity (Wildman–Crippen MR) is 125 cm³/mol. The number of hydrogen-bond acceptors (Lipinski definition) is 7. The van der Waals surface area contributed by atoms with E-state index in [4.69, 9.17) is 21.7 Å². The van der Waals surface area contributed by atoms with Gasteiger partial charge in [0.15, 0.2) is 5.11 Å². The summed E-state index contributed by atoms with van der Waals surface area (Å²) < 4.78 is 10.4. The highest BCUT2D eigenvalue weighted by atomic mass is 32.1. The maximum atomic E-state index is 12.5. The number of carbonyl (C=O) groups is 1. The Morgan fingerprint density at radius 1 is 1.16 bits per heavy atom. The predicted octanol–water partition coefficient (Wildman–Crippen LogP) is 5.32. The molecule has 0 atom stereocenters. The highest BCUT2D eigenvalue weighted by Gasteiger charge is 2.20. The Balaban J connectivity index is 1.88. The van der Waals surface area contributed by atoms with Gasteiger partial charge in [-0.05, 0) is 36.8 Å². The van der Waals surface area contributed by atoms with Gasteiger partial charge in [0.05, 0.1) is 29.9 Å². The molecule has 3 rings (SSSR count). The van der Waals surface area contributed by atoms with Crippen LogP contribution in [0.3, 0.4) is 0 Å². The third-order valence-corrected chi connectivity index (χ3v) is 5.46. The molecule has 0 bridgehead atoms. The van der Waals surface area contributed by atoms with E-state index in [1.54, 1.807) is 13.0 Å². The molecule has 3 aromatic rings. The standard InChI is InChI=1S/C21H19N3O5S2/c1-3-29-20(25)15-12-18(13-7-5-4-6-8-13)31-19(15)23-21(30)22-16-11-14(24(26)27)9-10-17(16)28-2/h4-12H,3H2,1-2H3,(H2,22,23,30). The number of carbonyl (C=O) groups excluding carboxylic acids is 1. The first-order valence-corrected chi connectivity index (χ1v) is 10.4. The van der Waals surface area contributed by atoms with Gasteiger partial charge in [-0.15, -0.1) is 11.3 Å². The van der Waals surface area contributed by atoms with Crippen molar-refractivity contribution in [1.82, 2.24) is 0 Å². The van der Waals surface area contributed by atoms with Crippen LogP contribution in [-0.4, -0.2) is 29.7 Å². The van der Waals surface area contributed by atoms with Gasteiger partial charge in [-0.1, -0.05) is 30.3 Å². The van der Waals surface area contributed by atoms with Crippen molar-refractivity contribution < 1.29 is 19.2 Å². The molecule has 0 unspecified atom stereocenters. The molecular formula is C21H19N3O5S2. The molecule has 0 aliphatic rings. The normalized spacial score (nSPS) is 10.3. The number of thiocarbonyl (C=S) groups is 1. The van der Waals surface area contributed by atoms with Crippen LogP contribution in [-0.2, 0) is 4.74 Å². The summed E-state index contributed by atoms with van der Waals surface area (Å²) in [7, 11) is 1.45. The van der Waals surface area contributed by atoms with E-state index in [9.17, 15) is 14.9 Å². The molecule has 31 heavy (non-hydrogen) atoms. The Morgan fingerprint density at radius 2 is 1.90 bits per heavy atom. The topological polar surface area (TPSA) is 103 Å². The average Bonchev–Trinajstić information content (AvgIpc) is 3.18. The van der Waals surface area contributed by atoms with Crippen molar-refractivity contribution >= 4 is 51.0 Å². The summed E-state index contributed by atoms with van der Waals surface area (Å²) in [4.78, 5) is 23.9. The first kappa shape index (κ1) is 22.2. The van der Waals surface area contributed by atoms with Crippen LogP contribution >= 0.6 is 23.6 Å². The van der Waals surface area contributed by atoms with Gasteiger partial charge in [-0.2, -0.15) is 0 Å². The van der Waals surface area contributed by atoms with Crippen molar-refractivity contribution in [3.63, 3.8) is 0 Å². The SMILES string of the molecule is CCOC(=O)c1cc(-c2ccccc2)sc1NC(=S)Nc1cc([N+](=O)[O-])ccc1OC. The van der Waals surface area contributed by atoms with E-state index >= 15 is 0 Å². The average molecular weight is 458 g/mol. The fourth-order valence-electron chi connectivity index (χ4n) is 2.75. The number of hydrogen-bond donors (Lipinski definition) is 2. The second-order valence-electron chi connectivity index (χ2n) is 6.16. The molecule has 0 fully saturated rings. The largest absolute Gasteiger partial charge is 0.495 e. The second kappa shape index (κ2) is 10.0. The second-order valence-corrected chi connectivity index (χ2v) is 7.62. The molecule has 0 radical (unpaired) electrons. The number of nitro benzene ring substituents is 1. The number of nitrogens with one attached hydrogen (secondary N) is 2. The number of rotatable bonds is 7. The van der Waals surface area contributed by atoms with Gasteiger partial charge in [0.2, 0.25) is 0 Å². The Bertz CT molecular complexity index is 1120. The molecule has 8 nitrogen and oxygen atoms in total. The zero-order valence-corrected chi connectivity index (χ0v) is 18.3. The van der Waals surface area contributed by atoms with E-state index in [0.717, 1.165) is 10.4 Å². The minimum Gasteiger partial charge on any atom is -0.495 e. The molecule has 2 N–H and O–H groups in total. The van der Waals surface area contributed by atoms with Crippen molar-refractivity contribution in [3.8, 4) is 16.2 Å². The highest BCUT2D eigenvalue weighted by Crippen LogP contribution is 2.36. The lowest BCUT2D eigenvalue weighted by Gasteiger charge is -2.13. The molecule has 0 aliphatic carbocycles. The Hall–Kier alpha value is -3.50. The van der Waals surface area contributed by atoms with Crippen LogP contribution in [0.2, 0.25) is 0 Å². The Morgan fingerprint density at radius 3 is 2.55 bits per heavy atom. The van der Waals surface area contributed by atoms with E-state index in [-0.39, 0.29) is 17.4 Å². The van der Waals surface area contributed by atoms with Gasteiger partial charge in [0.25, 0.3) is 5.69 Å². The summed E-state index contributed by atoms with van der Waals surface area (Å²) in [6.07, 6.45) is 0. The molecule has 0 spiro atoms. The lowest BCUT2D eigenvalue weighted by atomic mass is 10.1. The van der Waals surface area contributed by atoms with E-state index in [0.29, 0.717) is 22.0 Å². The minimum absolute atomic E-state index is 0.110. The molecule has 2 aromatic carbocycles. The van der Waals surface area contributed by atoms with E-state index in [1.165, 1.54) is 36.6 Å². The maximum Gasteiger partial charge on any atom is 0.341 e. The molecule has 0 amide bonds. The van der Waals surface area contributed by atoms with Crippen LogP contribution in [0.1, 0.15) is 17.3 Å². The zero-order chi connectivity index (χ0) is 22.4. The number of esters is 1. The maximum absolute atomic E-state index is 12.5. The lowest BCUT2D eigenvalue weighted by molar-refractivity contribution is -0.384. The molecular weight excluding hydrogens is 438 g/mol. The van der Waals surface area contributed by atoms with Crippen LogP contribution in [0.4, 0.5) is 16.4 Å². The summed E-state index contributed by atoms with van der Waals surface area (Å²) in [5, 5.41) is 17.6. The van der Waals surface area contributed by atoms with E-state index < -0.39 is 10.9 Å². The quantitative estimate of drug-likeness (QED) is 0.213. The zero-order valence-electron chi connectivity index (χ0n) is 16.7. The third-order valence-electron chi connectivity index (χ3n) is 4.15. The van der Waals surface area contributed by atoms with Crippen molar-refractivity contribution in [1.29, 1.82) is 0 Å². The number of anilines is 2. The van der Waals surface area contributed by atoms with Gasteiger partial charge in [0.1, 0.15) is 10.8 Å². The van der Waals surface area contributed by atoms with Gasteiger partial charge in [0, 0.05) is 17.0 Å². The fourth-order valence-corrected chi connectivity index (χ4v) is 4.09. The number of methoxy groups -OCH3 is 1. The Labute approximate surface area is 188 Å². The van der Waals surface area contributed by atoms with Crippen LogP contribution in [0.25, 0.3) is 10.4 Å². The summed E-state index contributed by atoms with van der Waals surface area (Å²) >= 11 is 6.72. The van der Waals surface area contributed by atoms with E-state index in [1.807, 2.05) is 30.3 Å². The van der Waals surface area contributed by atoms with Crippen LogP contribution < -0.4 is 15.4 Å². The third kappa shape index (κ3) is 5.36. The van der Waals surface area contributed by atoms with Crippen molar-refractivity contribution in [3.05, 3.63) is 70.3 Å². The summed E-state index contributed by atoms with van der Waals surface area (Å²) in [5.41, 5.74) is 1.51. The number of nitro groups is 1. The van der Waals surface area contributed by atoms with Crippen LogP contribution in [0.5, 0.6) is 5.75 Å². The van der Waals surface area contributed by atoms with Gasteiger partial charge >= 0.3 is 5.97 Å². The lowest BCUT2D eigenvalue weighted by Crippen LogP contribution is -2.20. The number of thiophene rings is 1. The van der Waals surface area contributed by atoms with E-state index in [2.05, 4.69) is 10.6 Å². The Kier molecular flexibility index (Phi) is 7.16. The van der Waals surface area contributed by atoms with Crippen molar-refractivity contribution in [2.75, 3.05) is 24.4 Å². The number of ether oxygens (including phenoxy) is 2. The van der Waals surface area contributed by atoms with Gasteiger partial charge in [-0.3, -0.25) is 10.1 Å². The monoisotopic (exact) mass is 457 g/mol. The molecule has 0 saturated carbocycles. The first-order valence-electron chi connectivity index (χ1n) is 9.19. The summed E-state index contributed by atoms with van der Waals surface area (Å²) in [6.45, 7) is 1.97. The molecule has 1 aromatic heterocycles. The van der Waals surface area contributed by atoms with Gasteiger partial charge < -0.3 is 20.1 Å². The fraction of sp³-hybridized carbons (Fsp3) is 0.143. The molecule has 0 saturated heterocycles. The minimum atomic E-state index is -0.509. The molecule has 160 valence electrons. The smallest absolute Gasteiger partial charge is 0.341 e. The van der Waals surface area contributed by atoms with Gasteiger partial charge in [-0.25, -0.2) is 4.79 Å². The number of non-ortho nitro benzene ring substituents is 1. The summed E-state index contributed by atoms with van der Waals surface area (Å²) in [6, 6.07) is 15.5. The number of benzene rings is 2.